The molecule has 1 aromatic carbocycles. The molecule has 1 heterocycles. The first-order valence-corrected chi connectivity index (χ1v) is 7.71. The van der Waals surface area contributed by atoms with Crippen molar-refractivity contribution in [3.63, 3.8) is 0 Å². The van der Waals surface area contributed by atoms with Gasteiger partial charge in [0.1, 0.15) is 5.75 Å². The standard InChI is InChI=1S/C17H24N2O3/c1-9(2)13-6-12(7-14(10(3)4)15(13)20)19-8-11(5)16(21)18-17(19)22/h6-7,9-11,20H,8H2,1-5H3,(H,18,21,22). The summed E-state index contributed by atoms with van der Waals surface area (Å²) in [5.41, 5.74) is 2.36. The lowest BCUT2D eigenvalue weighted by Crippen LogP contribution is -2.54. The highest BCUT2D eigenvalue weighted by atomic mass is 16.3. The number of nitrogens with one attached hydrogen (secondary N) is 1. The van der Waals surface area contributed by atoms with Crippen molar-refractivity contribution >= 4 is 17.6 Å². The van der Waals surface area contributed by atoms with Gasteiger partial charge in [0.2, 0.25) is 5.91 Å². The van der Waals surface area contributed by atoms with Crippen molar-refractivity contribution in [3.05, 3.63) is 23.3 Å². The van der Waals surface area contributed by atoms with E-state index < -0.39 is 6.03 Å². The quantitative estimate of drug-likeness (QED) is 0.900. The molecule has 1 unspecified atom stereocenters. The van der Waals surface area contributed by atoms with E-state index in [1.807, 2.05) is 39.8 Å². The second-order valence-electron chi connectivity index (χ2n) is 6.59. The lowest BCUT2D eigenvalue weighted by molar-refractivity contribution is -0.123. The molecule has 1 aromatic rings. The van der Waals surface area contributed by atoms with E-state index in [0.29, 0.717) is 12.3 Å². The number of aromatic hydroxyl groups is 1. The molecule has 5 heteroatoms. The van der Waals surface area contributed by atoms with Gasteiger partial charge in [-0.1, -0.05) is 34.6 Å². The number of carbonyl (C=O) groups excluding carboxylic acids is 2. The van der Waals surface area contributed by atoms with Crippen molar-refractivity contribution in [3.8, 4) is 5.75 Å². The van der Waals surface area contributed by atoms with Crippen molar-refractivity contribution < 1.29 is 14.7 Å². The van der Waals surface area contributed by atoms with Crippen LogP contribution in [-0.2, 0) is 4.79 Å². The van der Waals surface area contributed by atoms with Gasteiger partial charge < -0.3 is 5.11 Å². The van der Waals surface area contributed by atoms with Crippen molar-refractivity contribution in [1.82, 2.24) is 5.32 Å². The molecule has 0 aliphatic carbocycles. The Labute approximate surface area is 131 Å². The monoisotopic (exact) mass is 304 g/mol. The average Bonchev–Trinajstić information content (AvgIpc) is 2.42. The smallest absolute Gasteiger partial charge is 0.328 e. The number of amides is 3. The molecule has 0 aromatic heterocycles. The zero-order valence-corrected chi connectivity index (χ0v) is 13.8. The molecule has 1 fully saturated rings. The van der Waals surface area contributed by atoms with Crippen LogP contribution in [0.5, 0.6) is 5.75 Å². The Balaban J connectivity index is 2.51. The second-order valence-corrected chi connectivity index (χ2v) is 6.59. The third-order valence-electron chi connectivity index (χ3n) is 4.09. The number of urea groups is 1. The molecule has 120 valence electrons. The Morgan fingerprint density at radius 1 is 1.14 bits per heavy atom. The summed E-state index contributed by atoms with van der Waals surface area (Å²) < 4.78 is 0. The van der Waals surface area contributed by atoms with Gasteiger partial charge in [-0.05, 0) is 35.1 Å². The predicted molar refractivity (Wildman–Crippen MR) is 86.3 cm³/mol. The minimum Gasteiger partial charge on any atom is -0.507 e. The molecule has 3 amide bonds. The lowest BCUT2D eigenvalue weighted by Gasteiger charge is -2.31. The number of hydrogen-bond donors (Lipinski definition) is 2. The first-order valence-electron chi connectivity index (χ1n) is 7.71. The first kappa shape index (κ1) is 16.3. The van der Waals surface area contributed by atoms with E-state index in [1.54, 1.807) is 11.8 Å². The minimum atomic E-state index is -0.404. The van der Waals surface area contributed by atoms with Crippen LogP contribution in [0.25, 0.3) is 0 Å². The van der Waals surface area contributed by atoms with E-state index in [2.05, 4.69) is 5.32 Å². The van der Waals surface area contributed by atoms with Crippen molar-refractivity contribution in [2.45, 2.75) is 46.5 Å². The fourth-order valence-corrected chi connectivity index (χ4v) is 2.66. The minimum absolute atomic E-state index is 0.143. The van der Waals surface area contributed by atoms with Gasteiger partial charge in [0.05, 0.1) is 5.92 Å². The van der Waals surface area contributed by atoms with E-state index in [9.17, 15) is 14.7 Å². The maximum atomic E-state index is 12.1. The Morgan fingerprint density at radius 2 is 1.64 bits per heavy atom. The molecule has 0 saturated carbocycles. The van der Waals surface area contributed by atoms with E-state index in [1.165, 1.54) is 0 Å². The van der Waals surface area contributed by atoms with Crippen LogP contribution < -0.4 is 10.2 Å². The van der Waals surface area contributed by atoms with E-state index in [0.717, 1.165) is 16.8 Å². The summed E-state index contributed by atoms with van der Waals surface area (Å²) in [6.45, 7) is 10.2. The number of rotatable bonds is 3. The van der Waals surface area contributed by atoms with Crippen LogP contribution in [0.4, 0.5) is 10.5 Å². The molecule has 1 atom stereocenters. The first-order chi connectivity index (χ1) is 10.2. The third kappa shape index (κ3) is 2.93. The van der Waals surface area contributed by atoms with Crippen molar-refractivity contribution in [2.24, 2.45) is 5.92 Å². The maximum absolute atomic E-state index is 12.1. The molecule has 5 nitrogen and oxygen atoms in total. The SMILES string of the molecule is CC1CN(c2cc(C(C)C)c(O)c(C(C)C)c2)C(=O)NC1=O. The molecule has 22 heavy (non-hydrogen) atoms. The van der Waals surface area contributed by atoms with Gasteiger partial charge in [-0.2, -0.15) is 0 Å². The van der Waals surface area contributed by atoms with Crippen LogP contribution in [0.1, 0.15) is 57.6 Å². The lowest BCUT2D eigenvalue weighted by atomic mass is 9.92. The summed E-state index contributed by atoms with van der Waals surface area (Å²) >= 11 is 0. The van der Waals surface area contributed by atoms with Gasteiger partial charge in [-0.25, -0.2) is 4.79 Å². The van der Waals surface area contributed by atoms with Gasteiger partial charge in [0.15, 0.2) is 0 Å². The zero-order valence-electron chi connectivity index (χ0n) is 13.8. The third-order valence-corrected chi connectivity index (χ3v) is 4.09. The van der Waals surface area contributed by atoms with Crippen molar-refractivity contribution in [2.75, 3.05) is 11.4 Å². The Morgan fingerprint density at radius 3 is 2.09 bits per heavy atom. The van der Waals surface area contributed by atoms with Crippen molar-refractivity contribution in [1.29, 1.82) is 0 Å². The summed E-state index contributed by atoms with van der Waals surface area (Å²) in [5, 5.41) is 12.8. The Kier molecular flexibility index (Phi) is 4.44. The largest absolute Gasteiger partial charge is 0.507 e. The summed E-state index contributed by atoms with van der Waals surface area (Å²) in [7, 11) is 0. The summed E-state index contributed by atoms with van der Waals surface area (Å²) in [6.07, 6.45) is 0. The van der Waals surface area contributed by atoms with Crippen LogP contribution in [0.15, 0.2) is 12.1 Å². The van der Waals surface area contributed by atoms with Crippen LogP contribution in [0, 0.1) is 5.92 Å². The average molecular weight is 304 g/mol. The number of phenolic OH excluding ortho intramolecular Hbond substituents is 1. The number of anilines is 1. The van der Waals surface area contributed by atoms with Gasteiger partial charge >= 0.3 is 6.03 Å². The zero-order chi connectivity index (χ0) is 16.6. The molecule has 2 rings (SSSR count). The molecule has 1 aliphatic heterocycles. The molecule has 0 bridgehead atoms. The van der Waals surface area contributed by atoms with Gasteiger partial charge in [0.25, 0.3) is 0 Å². The van der Waals surface area contributed by atoms with E-state index >= 15 is 0 Å². The van der Waals surface area contributed by atoms with E-state index in [-0.39, 0.29) is 23.7 Å². The highest BCUT2D eigenvalue weighted by Crippen LogP contribution is 2.38. The fourth-order valence-electron chi connectivity index (χ4n) is 2.66. The summed E-state index contributed by atoms with van der Waals surface area (Å²) in [6, 6.07) is 3.28. The number of imide groups is 1. The molecular formula is C17H24N2O3. The molecular weight excluding hydrogens is 280 g/mol. The highest BCUT2D eigenvalue weighted by molar-refractivity contribution is 6.06. The number of hydrogen-bond acceptors (Lipinski definition) is 3. The molecule has 2 N–H and O–H groups in total. The summed E-state index contributed by atoms with van der Waals surface area (Å²) in [5.74, 6) is 0.0914. The number of nitrogens with zero attached hydrogens (tertiary/aromatic N) is 1. The summed E-state index contributed by atoms with van der Waals surface area (Å²) in [4.78, 5) is 25.3. The van der Waals surface area contributed by atoms with E-state index in [4.69, 9.17) is 0 Å². The van der Waals surface area contributed by atoms with Crippen LogP contribution in [-0.4, -0.2) is 23.6 Å². The van der Waals surface area contributed by atoms with Crippen LogP contribution >= 0.6 is 0 Å². The number of carbonyl (C=O) groups is 2. The Bertz CT molecular complexity index is 579. The van der Waals surface area contributed by atoms with Gasteiger partial charge in [0, 0.05) is 12.2 Å². The highest BCUT2D eigenvalue weighted by Gasteiger charge is 2.31. The second kappa shape index (κ2) is 5.99. The fraction of sp³-hybridized carbons (Fsp3) is 0.529. The molecule has 1 saturated heterocycles. The predicted octanol–water partition coefficient (Wildman–Crippen LogP) is 3.33. The number of benzene rings is 1. The molecule has 0 spiro atoms. The van der Waals surface area contributed by atoms with Gasteiger partial charge in [-0.15, -0.1) is 0 Å². The Hall–Kier alpha value is -2.04. The number of phenols is 1. The van der Waals surface area contributed by atoms with Crippen LogP contribution in [0.2, 0.25) is 0 Å². The maximum Gasteiger partial charge on any atom is 0.328 e. The molecule has 0 radical (unpaired) electrons. The van der Waals surface area contributed by atoms with Crippen LogP contribution in [0.3, 0.4) is 0 Å². The normalized spacial score (nSPS) is 19.0. The topological polar surface area (TPSA) is 69.6 Å². The van der Waals surface area contributed by atoms with Gasteiger partial charge in [-0.3, -0.25) is 15.0 Å². The molecule has 1 aliphatic rings.